The highest BCUT2D eigenvalue weighted by Gasteiger charge is 2.30. The maximum Gasteiger partial charge on any atom is 0.233 e. The molecule has 1 aliphatic rings. The highest BCUT2D eigenvalue weighted by molar-refractivity contribution is 7.99. The molecule has 3 aromatic rings. The third-order valence-corrected chi connectivity index (χ3v) is 8.25. The molecule has 1 N–H and O–H groups in total. The lowest BCUT2D eigenvalue weighted by Crippen LogP contribution is -2.40. The molecule has 2 heterocycles. The quantitative estimate of drug-likeness (QED) is 0.590. The Labute approximate surface area is 187 Å². The van der Waals surface area contributed by atoms with E-state index in [1.807, 2.05) is 78.5 Å². The smallest absolute Gasteiger partial charge is 0.233 e. The van der Waals surface area contributed by atoms with Crippen LogP contribution in [0.2, 0.25) is 0 Å². The van der Waals surface area contributed by atoms with Gasteiger partial charge in [-0.05, 0) is 25.5 Å². The molecule has 6 nitrogen and oxygen atoms in total. The monoisotopic (exact) mass is 455 g/mol. The molecule has 8 heteroatoms. The zero-order valence-electron chi connectivity index (χ0n) is 17.3. The number of rotatable bonds is 7. The first kappa shape index (κ1) is 21.6. The van der Waals surface area contributed by atoms with Crippen molar-refractivity contribution >= 4 is 27.5 Å². The topological polar surface area (TPSA) is 81.1 Å². The number of hydrogen-bond donors (Lipinski definition) is 1. The van der Waals surface area contributed by atoms with Crippen LogP contribution < -0.4 is 5.32 Å². The molecule has 0 spiro atoms. The molecule has 4 rings (SSSR count). The number of nitrogens with zero attached hydrogens (tertiary/aromatic N) is 2. The number of para-hydroxylation sites is 1. The zero-order chi connectivity index (χ0) is 21.8. The minimum absolute atomic E-state index is 0.0398. The normalized spacial score (nSPS) is 18.5. The van der Waals surface area contributed by atoms with Gasteiger partial charge in [-0.3, -0.25) is 4.79 Å². The number of aromatic nitrogens is 2. The Bertz CT molecular complexity index is 1150. The Kier molecular flexibility index (Phi) is 6.48. The maximum absolute atomic E-state index is 12.6. The summed E-state index contributed by atoms with van der Waals surface area (Å²) in [7, 11) is -3.01. The molecule has 0 aliphatic carbocycles. The van der Waals surface area contributed by atoms with Gasteiger partial charge in [0.15, 0.2) is 9.84 Å². The van der Waals surface area contributed by atoms with Gasteiger partial charge in [0.1, 0.15) is 0 Å². The minimum Gasteiger partial charge on any atom is -0.351 e. The second kappa shape index (κ2) is 9.28. The average molecular weight is 456 g/mol. The predicted molar refractivity (Wildman–Crippen MR) is 125 cm³/mol. The van der Waals surface area contributed by atoms with Gasteiger partial charge in [0.2, 0.25) is 5.91 Å². The maximum atomic E-state index is 12.6. The molecule has 1 amide bonds. The Balaban J connectivity index is 1.48. The van der Waals surface area contributed by atoms with E-state index in [4.69, 9.17) is 5.10 Å². The summed E-state index contributed by atoms with van der Waals surface area (Å²) < 4.78 is 25.1. The Morgan fingerprint density at radius 2 is 1.84 bits per heavy atom. The van der Waals surface area contributed by atoms with Crippen molar-refractivity contribution in [3.05, 3.63) is 72.4 Å². The van der Waals surface area contributed by atoms with Gasteiger partial charge < -0.3 is 5.32 Å². The van der Waals surface area contributed by atoms with Crippen LogP contribution in [0.25, 0.3) is 16.9 Å². The summed E-state index contributed by atoms with van der Waals surface area (Å²) in [5.41, 5.74) is 3.94. The summed E-state index contributed by atoms with van der Waals surface area (Å²) in [4.78, 5) is 12.6. The molecule has 162 valence electrons. The molecular formula is C23H25N3O3S2. The van der Waals surface area contributed by atoms with Crippen LogP contribution in [0.1, 0.15) is 18.9 Å². The van der Waals surface area contributed by atoms with Crippen molar-refractivity contribution < 1.29 is 13.2 Å². The van der Waals surface area contributed by atoms with Crippen LogP contribution in [0.5, 0.6) is 0 Å². The molecular weight excluding hydrogens is 430 g/mol. The van der Waals surface area contributed by atoms with Crippen molar-refractivity contribution in [2.45, 2.75) is 30.4 Å². The second-order valence-corrected chi connectivity index (χ2v) is 11.3. The Morgan fingerprint density at radius 1 is 1.16 bits per heavy atom. The Hall–Kier alpha value is -2.58. The summed E-state index contributed by atoms with van der Waals surface area (Å²) in [6.07, 6.45) is 2.51. The summed E-state index contributed by atoms with van der Waals surface area (Å²) in [6, 6.07) is 19.7. The van der Waals surface area contributed by atoms with Gasteiger partial charge in [-0.15, -0.1) is 11.8 Å². The molecule has 1 fully saturated rings. The van der Waals surface area contributed by atoms with Gasteiger partial charge in [0.25, 0.3) is 0 Å². The van der Waals surface area contributed by atoms with E-state index in [-0.39, 0.29) is 28.7 Å². The van der Waals surface area contributed by atoms with Crippen LogP contribution in [0.15, 0.2) is 66.9 Å². The first-order valence-corrected chi connectivity index (χ1v) is 13.1. The number of hydrogen-bond acceptors (Lipinski definition) is 5. The minimum atomic E-state index is -3.01. The number of nitrogens with one attached hydrogen (secondary N) is 1. The lowest BCUT2D eigenvalue weighted by Gasteiger charge is -2.15. The summed E-state index contributed by atoms with van der Waals surface area (Å²) >= 11 is 1.52. The molecule has 31 heavy (non-hydrogen) atoms. The second-order valence-electron chi connectivity index (χ2n) is 7.71. The van der Waals surface area contributed by atoms with Gasteiger partial charge in [0.05, 0.1) is 28.1 Å². The fourth-order valence-electron chi connectivity index (χ4n) is 3.59. The number of amides is 1. The van der Waals surface area contributed by atoms with Gasteiger partial charge in [-0.1, -0.05) is 48.5 Å². The number of carbonyl (C=O) groups excluding carboxylic acids is 1. The van der Waals surface area contributed by atoms with Gasteiger partial charge >= 0.3 is 0 Å². The van der Waals surface area contributed by atoms with Crippen LogP contribution >= 0.6 is 11.8 Å². The van der Waals surface area contributed by atoms with E-state index in [2.05, 4.69) is 5.32 Å². The lowest BCUT2D eigenvalue weighted by molar-refractivity contribution is -0.120. The summed E-state index contributed by atoms with van der Waals surface area (Å²) in [6.45, 7) is 1.85. The van der Waals surface area contributed by atoms with Crippen molar-refractivity contribution in [2.75, 3.05) is 11.5 Å². The van der Waals surface area contributed by atoms with Gasteiger partial charge in [-0.25, -0.2) is 13.1 Å². The number of carbonyl (C=O) groups is 1. The van der Waals surface area contributed by atoms with Gasteiger partial charge in [-0.2, -0.15) is 5.10 Å². The third kappa shape index (κ3) is 5.37. The van der Waals surface area contributed by atoms with Crippen LogP contribution in [-0.4, -0.2) is 46.9 Å². The lowest BCUT2D eigenvalue weighted by atomic mass is 10.1. The van der Waals surface area contributed by atoms with Crippen LogP contribution in [0, 0.1) is 0 Å². The van der Waals surface area contributed by atoms with E-state index in [0.29, 0.717) is 12.2 Å². The first-order valence-electron chi connectivity index (χ1n) is 10.2. The molecule has 0 bridgehead atoms. The van der Waals surface area contributed by atoms with Crippen molar-refractivity contribution in [2.24, 2.45) is 0 Å². The van der Waals surface area contributed by atoms with E-state index in [0.717, 1.165) is 22.5 Å². The molecule has 1 saturated heterocycles. The first-order chi connectivity index (χ1) is 14.9. The van der Waals surface area contributed by atoms with Crippen LogP contribution in [0.3, 0.4) is 0 Å². The largest absolute Gasteiger partial charge is 0.351 e. The van der Waals surface area contributed by atoms with Crippen molar-refractivity contribution in [3.8, 4) is 16.9 Å². The van der Waals surface area contributed by atoms with E-state index < -0.39 is 9.84 Å². The number of thioether (sulfide) groups is 1. The van der Waals surface area contributed by atoms with Crippen LogP contribution in [0.4, 0.5) is 0 Å². The SMILES string of the molecule is C[C@H](SCc1cn(-c2ccccc2)nc1-c1ccccc1)C(=O)N[C@@H]1CCS(=O)(=O)C1. The number of sulfone groups is 1. The highest BCUT2D eigenvalue weighted by Crippen LogP contribution is 2.28. The van der Waals surface area contributed by atoms with E-state index in [9.17, 15) is 13.2 Å². The molecule has 0 unspecified atom stereocenters. The van der Waals surface area contributed by atoms with Crippen LogP contribution in [-0.2, 0) is 20.4 Å². The fraction of sp³-hybridized carbons (Fsp3) is 0.304. The predicted octanol–water partition coefficient (Wildman–Crippen LogP) is 3.46. The van der Waals surface area contributed by atoms with E-state index in [1.165, 1.54) is 11.8 Å². The van der Waals surface area contributed by atoms with E-state index >= 15 is 0 Å². The molecule has 2 atom stereocenters. The highest BCUT2D eigenvalue weighted by atomic mass is 32.2. The molecule has 0 saturated carbocycles. The van der Waals surface area contributed by atoms with E-state index in [1.54, 1.807) is 0 Å². The molecule has 1 aliphatic heterocycles. The Morgan fingerprint density at radius 3 is 2.48 bits per heavy atom. The van der Waals surface area contributed by atoms with Crippen molar-refractivity contribution in [1.29, 1.82) is 0 Å². The molecule has 1 aromatic heterocycles. The average Bonchev–Trinajstić information content (AvgIpc) is 3.36. The molecule has 2 aromatic carbocycles. The van der Waals surface area contributed by atoms with Crippen molar-refractivity contribution in [3.63, 3.8) is 0 Å². The van der Waals surface area contributed by atoms with Crippen molar-refractivity contribution in [1.82, 2.24) is 15.1 Å². The zero-order valence-corrected chi connectivity index (χ0v) is 18.9. The standard InChI is InChI=1S/C23H25N3O3S2/c1-17(23(27)24-20-12-13-31(28,29)16-20)30-15-19-14-26(21-10-6-3-7-11-21)25-22(19)18-8-4-2-5-9-18/h2-11,14,17,20H,12-13,15-16H2,1H3,(H,24,27)/t17-,20+/m0/s1. The van der Waals surface area contributed by atoms with Gasteiger partial charge in [0, 0.05) is 29.1 Å². The summed E-state index contributed by atoms with van der Waals surface area (Å²) in [5.74, 6) is 0.689. The number of benzene rings is 2. The molecule has 0 radical (unpaired) electrons. The fourth-order valence-corrected chi connectivity index (χ4v) is 6.12. The third-order valence-electron chi connectivity index (χ3n) is 5.29. The summed E-state index contributed by atoms with van der Waals surface area (Å²) in [5, 5.41) is 7.40.